The number of hydrogen-bond acceptors (Lipinski definition) is 2. The molecule has 140 valence electrons. The van der Waals surface area contributed by atoms with Gasteiger partial charge in [0.1, 0.15) is 6.04 Å². The highest BCUT2D eigenvalue weighted by Gasteiger charge is 2.37. The second-order valence-electron chi connectivity index (χ2n) is 6.91. The van der Waals surface area contributed by atoms with Crippen LogP contribution in [-0.2, 0) is 9.59 Å². The molecule has 1 aliphatic rings. The van der Waals surface area contributed by atoms with Crippen LogP contribution in [0.4, 0.5) is 0 Å². The van der Waals surface area contributed by atoms with Gasteiger partial charge in [-0.1, -0.05) is 91.0 Å². The monoisotopic (exact) mass is 370 g/mol. The van der Waals surface area contributed by atoms with Gasteiger partial charge in [-0.05, 0) is 16.7 Å². The van der Waals surface area contributed by atoms with Crippen LogP contribution in [0.3, 0.4) is 0 Å². The fourth-order valence-corrected chi connectivity index (χ4v) is 3.58. The van der Waals surface area contributed by atoms with Gasteiger partial charge in [-0.2, -0.15) is 0 Å². The highest BCUT2D eigenvalue weighted by Crippen LogP contribution is 2.29. The third kappa shape index (κ3) is 3.67. The Balaban J connectivity index is 1.66. The van der Waals surface area contributed by atoms with Crippen LogP contribution in [0.5, 0.6) is 0 Å². The minimum Gasteiger partial charge on any atom is -0.343 e. The summed E-state index contributed by atoms with van der Waals surface area (Å²) >= 11 is 0. The lowest BCUT2D eigenvalue weighted by Crippen LogP contribution is -2.51. The molecule has 1 fully saturated rings. The molecule has 2 amide bonds. The molecule has 0 bridgehead atoms. The predicted octanol–water partition coefficient (Wildman–Crippen LogP) is 3.87. The Hall–Kier alpha value is -3.40. The third-order valence-corrected chi connectivity index (χ3v) is 5.11. The summed E-state index contributed by atoms with van der Waals surface area (Å²) in [5.74, 6) is -0.156. The minimum atomic E-state index is -0.614. The lowest BCUT2D eigenvalue weighted by Gasteiger charge is -2.38. The summed E-state index contributed by atoms with van der Waals surface area (Å²) in [5.41, 5.74) is 2.83. The van der Waals surface area contributed by atoms with Crippen molar-refractivity contribution in [3.8, 4) is 0 Å². The van der Waals surface area contributed by atoms with E-state index in [9.17, 15) is 9.59 Å². The summed E-state index contributed by atoms with van der Waals surface area (Å²) in [5, 5.41) is 3.19. The molecule has 1 saturated heterocycles. The fraction of sp³-hybridized carbons (Fsp3) is 0.167. The van der Waals surface area contributed by atoms with Gasteiger partial charge < -0.3 is 10.2 Å². The van der Waals surface area contributed by atoms with Crippen molar-refractivity contribution in [1.82, 2.24) is 10.2 Å². The normalized spacial score (nSPS) is 14.5. The van der Waals surface area contributed by atoms with Crippen molar-refractivity contribution < 1.29 is 9.59 Å². The average Bonchev–Trinajstić information content (AvgIpc) is 2.76. The van der Waals surface area contributed by atoms with Crippen molar-refractivity contribution >= 4 is 11.8 Å². The first kappa shape index (κ1) is 18.0. The van der Waals surface area contributed by atoms with Crippen LogP contribution >= 0.6 is 0 Å². The van der Waals surface area contributed by atoms with Gasteiger partial charge in [-0.15, -0.1) is 0 Å². The molecule has 1 aliphatic heterocycles. The summed E-state index contributed by atoms with van der Waals surface area (Å²) in [4.78, 5) is 27.1. The highest BCUT2D eigenvalue weighted by molar-refractivity contribution is 5.91. The summed E-state index contributed by atoms with van der Waals surface area (Å²) in [7, 11) is 0. The van der Waals surface area contributed by atoms with Crippen LogP contribution in [0.25, 0.3) is 0 Å². The van der Waals surface area contributed by atoms with Gasteiger partial charge in [0.25, 0.3) is 0 Å². The first-order valence-electron chi connectivity index (χ1n) is 9.49. The maximum Gasteiger partial charge on any atom is 0.248 e. The second kappa shape index (κ2) is 8.09. The van der Waals surface area contributed by atoms with Crippen LogP contribution in [0.15, 0.2) is 91.0 Å². The molecule has 0 saturated carbocycles. The quantitative estimate of drug-likeness (QED) is 0.670. The van der Waals surface area contributed by atoms with Crippen LogP contribution < -0.4 is 5.32 Å². The molecule has 4 heteroatoms. The molecule has 1 N–H and O–H groups in total. The third-order valence-electron chi connectivity index (χ3n) is 5.11. The fourth-order valence-electron chi connectivity index (χ4n) is 3.58. The van der Waals surface area contributed by atoms with Crippen molar-refractivity contribution in [3.63, 3.8) is 0 Å². The maximum absolute atomic E-state index is 13.4. The second-order valence-corrected chi connectivity index (χ2v) is 6.91. The lowest BCUT2D eigenvalue weighted by molar-refractivity contribution is -0.149. The molecule has 3 aromatic carbocycles. The highest BCUT2D eigenvalue weighted by atomic mass is 16.2. The minimum absolute atomic E-state index is 0.0139. The van der Waals surface area contributed by atoms with E-state index in [-0.39, 0.29) is 17.9 Å². The zero-order valence-electron chi connectivity index (χ0n) is 15.5. The van der Waals surface area contributed by atoms with Crippen LogP contribution in [0, 0.1) is 0 Å². The van der Waals surface area contributed by atoms with E-state index < -0.39 is 6.04 Å². The molecular weight excluding hydrogens is 348 g/mol. The van der Waals surface area contributed by atoms with Gasteiger partial charge in [0.05, 0.1) is 6.04 Å². The SMILES string of the molecule is O=C(NC(c1ccccc1)c1ccccc1)[C@H](c1ccccc1)N1CCC1=O. The zero-order valence-corrected chi connectivity index (χ0v) is 15.5. The zero-order chi connectivity index (χ0) is 19.3. The van der Waals surface area contributed by atoms with Gasteiger partial charge >= 0.3 is 0 Å². The van der Waals surface area contributed by atoms with Gasteiger partial charge in [0, 0.05) is 13.0 Å². The molecular formula is C24H22N2O2. The molecule has 0 radical (unpaired) electrons. The van der Waals surface area contributed by atoms with E-state index in [4.69, 9.17) is 0 Å². The van der Waals surface area contributed by atoms with Gasteiger partial charge in [-0.25, -0.2) is 0 Å². The van der Waals surface area contributed by atoms with E-state index in [1.54, 1.807) is 4.90 Å². The number of rotatable bonds is 6. The Morgan fingerprint density at radius 3 is 1.61 bits per heavy atom. The van der Waals surface area contributed by atoms with Crippen molar-refractivity contribution in [2.75, 3.05) is 6.54 Å². The Labute approximate surface area is 164 Å². The molecule has 1 atom stereocenters. The number of carbonyl (C=O) groups is 2. The van der Waals surface area contributed by atoms with Crippen LogP contribution in [0.1, 0.15) is 35.2 Å². The van der Waals surface area contributed by atoms with Crippen molar-refractivity contribution in [3.05, 3.63) is 108 Å². The largest absolute Gasteiger partial charge is 0.343 e. The Morgan fingerprint density at radius 2 is 1.21 bits per heavy atom. The summed E-state index contributed by atoms with van der Waals surface area (Å²) in [6.07, 6.45) is 0.497. The van der Waals surface area contributed by atoms with E-state index in [0.29, 0.717) is 13.0 Å². The smallest absolute Gasteiger partial charge is 0.248 e. The summed E-state index contributed by atoms with van der Waals surface area (Å²) in [6, 6.07) is 28.4. The number of amides is 2. The number of likely N-dealkylation sites (tertiary alicyclic amines) is 1. The van der Waals surface area contributed by atoms with Gasteiger partial charge in [0.2, 0.25) is 11.8 Å². The molecule has 0 aromatic heterocycles. The number of hydrogen-bond donors (Lipinski definition) is 1. The molecule has 4 nitrogen and oxygen atoms in total. The maximum atomic E-state index is 13.4. The van der Waals surface area contributed by atoms with E-state index in [1.165, 1.54) is 0 Å². The van der Waals surface area contributed by atoms with Gasteiger partial charge in [0.15, 0.2) is 0 Å². The van der Waals surface area contributed by atoms with Crippen molar-refractivity contribution in [2.45, 2.75) is 18.5 Å². The van der Waals surface area contributed by atoms with Crippen LogP contribution in [-0.4, -0.2) is 23.3 Å². The molecule has 4 rings (SSSR count). The molecule has 0 unspecified atom stereocenters. The van der Waals surface area contributed by atoms with Crippen molar-refractivity contribution in [1.29, 1.82) is 0 Å². The Kier molecular flexibility index (Phi) is 5.20. The molecule has 3 aromatic rings. The summed E-state index contributed by atoms with van der Waals surface area (Å²) in [6.45, 7) is 0.604. The number of β-lactam (4-membered cyclic amide) rings is 1. The number of nitrogens with one attached hydrogen (secondary N) is 1. The number of carbonyl (C=O) groups excluding carboxylic acids is 2. The van der Waals surface area contributed by atoms with Crippen molar-refractivity contribution in [2.24, 2.45) is 0 Å². The average molecular weight is 370 g/mol. The van der Waals surface area contributed by atoms with E-state index in [0.717, 1.165) is 16.7 Å². The van der Waals surface area contributed by atoms with Gasteiger partial charge in [-0.3, -0.25) is 9.59 Å². The molecule has 0 spiro atoms. The standard InChI is InChI=1S/C24H22N2O2/c27-21-16-17-26(21)23(20-14-8-3-9-15-20)24(28)25-22(18-10-4-1-5-11-18)19-12-6-2-7-13-19/h1-15,22-23H,16-17H2,(H,25,28)/t23-/m0/s1. The Bertz CT molecular complexity index is 903. The van der Waals surface area contributed by atoms with Crippen LogP contribution in [0.2, 0.25) is 0 Å². The van der Waals surface area contributed by atoms with E-state index in [1.807, 2.05) is 91.0 Å². The number of benzene rings is 3. The summed E-state index contributed by atoms with van der Waals surface area (Å²) < 4.78 is 0. The first-order valence-corrected chi connectivity index (χ1v) is 9.49. The Morgan fingerprint density at radius 1 is 0.750 bits per heavy atom. The molecule has 28 heavy (non-hydrogen) atoms. The van der Waals surface area contributed by atoms with E-state index in [2.05, 4.69) is 5.32 Å². The molecule has 1 heterocycles. The first-order chi connectivity index (χ1) is 13.7. The number of nitrogens with zero attached hydrogens (tertiary/aromatic N) is 1. The van der Waals surface area contributed by atoms with E-state index >= 15 is 0 Å². The predicted molar refractivity (Wildman–Crippen MR) is 108 cm³/mol. The topological polar surface area (TPSA) is 49.4 Å². The molecule has 0 aliphatic carbocycles. The lowest BCUT2D eigenvalue weighted by atomic mass is 9.96.